The minimum Gasteiger partial charge on any atom is -0.382 e. The first kappa shape index (κ1) is 25.6. The van der Waals surface area contributed by atoms with Crippen LogP contribution in [0.25, 0.3) is 22.3 Å². The predicted octanol–water partition coefficient (Wildman–Crippen LogP) is 4.22. The van der Waals surface area contributed by atoms with Gasteiger partial charge in [-0.3, -0.25) is 4.79 Å². The van der Waals surface area contributed by atoms with Crippen LogP contribution in [0.5, 0.6) is 0 Å². The summed E-state index contributed by atoms with van der Waals surface area (Å²) in [4.78, 5) is 27.3. The van der Waals surface area contributed by atoms with Gasteiger partial charge < -0.3 is 26.7 Å². The van der Waals surface area contributed by atoms with Crippen LogP contribution < -0.4 is 22.1 Å². The normalized spacial score (nSPS) is 20.1. The first-order valence-electron chi connectivity index (χ1n) is 13.5. The highest BCUT2D eigenvalue weighted by Crippen LogP contribution is 2.40. The van der Waals surface area contributed by atoms with Crippen molar-refractivity contribution >= 4 is 40.2 Å². The second kappa shape index (κ2) is 10.1. The quantitative estimate of drug-likeness (QED) is 0.330. The first-order valence-corrected chi connectivity index (χ1v) is 13.9. The van der Waals surface area contributed by atoms with Gasteiger partial charge in [0, 0.05) is 29.4 Å². The molecule has 0 radical (unpaired) electrons. The Hall–Kier alpha value is -3.69. The summed E-state index contributed by atoms with van der Waals surface area (Å²) in [6.45, 7) is 1.37. The van der Waals surface area contributed by atoms with E-state index in [0.717, 1.165) is 22.4 Å². The van der Waals surface area contributed by atoms with Crippen LogP contribution in [0.3, 0.4) is 0 Å². The molecule has 1 atom stereocenters. The summed E-state index contributed by atoms with van der Waals surface area (Å²) in [5, 5.41) is 0.613. The number of rotatable bonds is 6. The number of aromatic nitrogens is 4. The number of hydrogen-bond acceptors (Lipinski definition) is 7. The molecule has 0 spiro atoms. The van der Waals surface area contributed by atoms with Crippen LogP contribution in [0.1, 0.15) is 55.6 Å². The lowest BCUT2D eigenvalue weighted by Crippen LogP contribution is -2.53. The molecule has 3 heterocycles. The van der Waals surface area contributed by atoms with Crippen molar-refractivity contribution < 1.29 is 4.79 Å². The van der Waals surface area contributed by atoms with Crippen LogP contribution in [-0.2, 0) is 11.3 Å². The van der Waals surface area contributed by atoms with E-state index in [1.165, 1.54) is 44.0 Å². The standard InChI is InChI=1S/C29H33ClN8O/c30-21-12-22(20-8-4-7-19(11-20)18-5-2-1-3-6-18)23(14-38-17-36-25-26(31)34-16-35-27(25)38)24(13-21)37-10-9-29(33,15-37)28(32)39/h4,7-8,11-13,16-18H,1-3,5-6,9-10,14-15,33H2,(H2,32,39)(H2,31,34,35). The number of benzene rings is 2. The first-order chi connectivity index (χ1) is 18.8. The topological polar surface area (TPSA) is 142 Å². The largest absolute Gasteiger partial charge is 0.382 e. The Labute approximate surface area is 232 Å². The number of nitrogen functional groups attached to an aromatic ring is 1. The number of imidazole rings is 1. The Kier molecular flexibility index (Phi) is 6.64. The van der Waals surface area contributed by atoms with E-state index in [2.05, 4.69) is 44.1 Å². The zero-order valence-electron chi connectivity index (χ0n) is 21.8. The molecule has 0 bridgehead atoms. The molecule has 2 aliphatic rings. The number of halogens is 1. The predicted molar refractivity (Wildman–Crippen MR) is 154 cm³/mol. The van der Waals surface area contributed by atoms with Gasteiger partial charge >= 0.3 is 0 Å². The number of hydrogen-bond donors (Lipinski definition) is 3. The number of carbonyl (C=O) groups excluding carboxylic acids is 1. The Balaban J connectivity index is 1.49. The summed E-state index contributed by atoms with van der Waals surface area (Å²) >= 11 is 6.76. The summed E-state index contributed by atoms with van der Waals surface area (Å²) in [5.74, 6) is 0.413. The lowest BCUT2D eigenvalue weighted by Gasteiger charge is -2.27. The van der Waals surface area contributed by atoms with Gasteiger partial charge in [-0.1, -0.05) is 55.1 Å². The molecule has 6 rings (SSSR count). The fourth-order valence-electron chi connectivity index (χ4n) is 6.15. The zero-order valence-corrected chi connectivity index (χ0v) is 22.6. The third-order valence-corrected chi connectivity index (χ3v) is 8.57. The van der Waals surface area contributed by atoms with Gasteiger partial charge in [0.05, 0.1) is 12.9 Å². The maximum absolute atomic E-state index is 12.2. The molecule has 1 unspecified atom stereocenters. The molecule has 1 saturated heterocycles. The molecule has 39 heavy (non-hydrogen) atoms. The number of amides is 1. The summed E-state index contributed by atoms with van der Waals surface area (Å²) < 4.78 is 1.97. The van der Waals surface area contributed by atoms with Gasteiger partial charge in [0.2, 0.25) is 5.91 Å². The molecule has 2 aromatic heterocycles. The van der Waals surface area contributed by atoms with Crippen molar-refractivity contribution in [2.45, 2.75) is 56.5 Å². The number of nitrogens with zero attached hydrogens (tertiary/aromatic N) is 5. The third kappa shape index (κ3) is 4.81. The molecule has 1 aliphatic heterocycles. The van der Waals surface area contributed by atoms with Crippen molar-refractivity contribution in [2.24, 2.45) is 11.5 Å². The highest BCUT2D eigenvalue weighted by atomic mass is 35.5. The molecule has 1 saturated carbocycles. The van der Waals surface area contributed by atoms with Crippen molar-refractivity contribution in [3.8, 4) is 11.1 Å². The lowest BCUT2D eigenvalue weighted by molar-refractivity contribution is -0.122. The molecule has 10 heteroatoms. The maximum atomic E-state index is 12.2. The molecule has 9 nitrogen and oxygen atoms in total. The van der Waals surface area contributed by atoms with Crippen LogP contribution in [0.15, 0.2) is 49.1 Å². The SMILES string of the molecule is NC(=O)C1(N)CCN(c2cc(Cl)cc(-c3cccc(C4CCCCC4)c3)c2Cn2cnc3c(N)ncnc32)C1. The molecule has 6 N–H and O–H groups in total. The van der Waals surface area contributed by atoms with Crippen LogP contribution in [0.2, 0.25) is 5.02 Å². The molecule has 2 aromatic carbocycles. The molecule has 2 fully saturated rings. The minimum atomic E-state index is -1.09. The van der Waals surface area contributed by atoms with E-state index >= 15 is 0 Å². The fraction of sp³-hybridized carbons (Fsp3) is 0.379. The fourth-order valence-corrected chi connectivity index (χ4v) is 6.36. The monoisotopic (exact) mass is 544 g/mol. The summed E-state index contributed by atoms with van der Waals surface area (Å²) in [6, 6.07) is 12.8. The average molecular weight is 545 g/mol. The lowest BCUT2D eigenvalue weighted by atomic mass is 9.83. The highest BCUT2D eigenvalue weighted by molar-refractivity contribution is 6.31. The second-order valence-electron chi connectivity index (χ2n) is 10.9. The van der Waals surface area contributed by atoms with Gasteiger partial charge in [-0.15, -0.1) is 0 Å². The van der Waals surface area contributed by atoms with Gasteiger partial charge in [0.15, 0.2) is 11.5 Å². The van der Waals surface area contributed by atoms with Crippen LogP contribution >= 0.6 is 11.6 Å². The average Bonchev–Trinajstić information content (AvgIpc) is 3.55. The van der Waals surface area contributed by atoms with E-state index in [-0.39, 0.29) is 0 Å². The highest BCUT2D eigenvalue weighted by Gasteiger charge is 2.40. The number of nitrogens with two attached hydrogens (primary N) is 3. The smallest absolute Gasteiger partial charge is 0.239 e. The second-order valence-corrected chi connectivity index (χ2v) is 11.3. The molecular weight excluding hydrogens is 512 g/mol. The van der Waals surface area contributed by atoms with Crippen molar-refractivity contribution in [2.75, 3.05) is 23.7 Å². The molecule has 1 aliphatic carbocycles. The van der Waals surface area contributed by atoms with E-state index in [4.69, 9.17) is 28.8 Å². The van der Waals surface area contributed by atoms with Gasteiger partial charge in [-0.2, -0.15) is 0 Å². The van der Waals surface area contributed by atoms with Crippen molar-refractivity contribution in [3.05, 3.63) is 65.2 Å². The molecule has 202 valence electrons. The van der Waals surface area contributed by atoms with Gasteiger partial charge in [0.1, 0.15) is 17.4 Å². The van der Waals surface area contributed by atoms with E-state index in [1.54, 1.807) is 6.33 Å². The summed E-state index contributed by atoms with van der Waals surface area (Å²) in [5.41, 5.74) is 23.7. The third-order valence-electron chi connectivity index (χ3n) is 8.36. The molecular formula is C29H33ClN8O. The number of carbonyl (C=O) groups is 1. The Morgan fingerprint density at radius 1 is 1.10 bits per heavy atom. The Morgan fingerprint density at radius 3 is 2.69 bits per heavy atom. The zero-order chi connectivity index (χ0) is 27.1. The van der Waals surface area contributed by atoms with E-state index in [0.29, 0.717) is 54.0 Å². The van der Waals surface area contributed by atoms with Gasteiger partial charge in [-0.05, 0) is 54.0 Å². The molecule has 4 aromatic rings. The Morgan fingerprint density at radius 2 is 1.92 bits per heavy atom. The maximum Gasteiger partial charge on any atom is 0.239 e. The van der Waals surface area contributed by atoms with Crippen molar-refractivity contribution in [1.29, 1.82) is 0 Å². The minimum absolute atomic E-state index is 0.316. The van der Waals surface area contributed by atoms with E-state index < -0.39 is 11.4 Å². The van der Waals surface area contributed by atoms with Crippen molar-refractivity contribution in [1.82, 2.24) is 19.5 Å². The number of fused-ring (bicyclic) bond motifs is 1. The van der Waals surface area contributed by atoms with Gasteiger partial charge in [-0.25, -0.2) is 15.0 Å². The van der Waals surface area contributed by atoms with Crippen LogP contribution in [-0.4, -0.2) is 44.1 Å². The van der Waals surface area contributed by atoms with Crippen molar-refractivity contribution in [3.63, 3.8) is 0 Å². The van der Waals surface area contributed by atoms with E-state index in [9.17, 15) is 4.79 Å². The summed E-state index contributed by atoms with van der Waals surface area (Å²) in [7, 11) is 0. The summed E-state index contributed by atoms with van der Waals surface area (Å²) in [6.07, 6.45) is 9.95. The van der Waals surface area contributed by atoms with Crippen LogP contribution in [0, 0.1) is 0 Å². The number of primary amides is 1. The van der Waals surface area contributed by atoms with Gasteiger partial charge in [0.25, 0.3) is 0 Å². The van der Waals surface area contributed by atoms with Crippen LogP contribution in [0.4, 0.5) is 11.5 Å². The van der Waals surface area contributed by atoms with E-state index in [1.807, 2.05) is 16.7 Å². The Bertz CT molecular complexity index is 1550. The number of anilines is 2. The molecule has 1 amide bonds.